The van der Waals surface area contributed by atoms with Crippen LogP contribution in [-0.4, -0.2) is 30.0 Å². The number of aryl methyl sites for hydroxylation is 1. The van der Waals surface area contributed by atoms with E-state index in [0.717, 1.165) is 5.56 Å². The van der Waals surface area contributed by atoms with Gasteiger partial charge >= 0.3 is 5.97 Å². The van der Waals surface area contributed by atoms with Crippen LogP contribution in [0.3, 0.4) is 0 Å². The third-order valence-corrected chi connectivity index (χ3v) is 3.56. The zero-order valence-corrected chi connectivity index (χ0v) is 14.5. The van der Waals surface area contributed by atoms with Crippen molar-refractivity contribution in [1.82, 2.24) is 0 Å². The summed E-state index contributed by atoms with van der Waals surface area (Å²) in [7, 11) is 1.33. The molecule has 0 fully saturated rings. The molecule has 0 unspecified atom stereocenters. The molecule has 136 valence electrons. The Kier molecular flexibility index (Phi) is 5.90. The smallest absolute Gasteiger partial charge is 0.338 e. The third kappa shape index (κ3) is 4.56. The highest BCUT2D eigenvalue weighted by Crippen LogP contribution is 2.29. The topological polar surface area (TPSA) is 108 Å². The second-order valence-electron chi connectivity index (χ2n) is 5.55. The first kappa shape index (κ1) is 18.9. The Balaban J connectivity index is 2.07. The second-order valence-corrected chi connectivity index (χ2v) is 5.55. The number of benzene rings is 2. The number of nitrogens with one attached hydrogen (secondary N) is 1. The lowest BCUT2D eigenvalue weighted by molar-refractivity contribution is -0.384. The van der Waals surface area contributed by atoms with Gasteiger partial charge in [-0.2, -0.15) is 0 Å². The van der Waals surface area contributed by atoms with Crippen molar-refractivity contribution in [3.05, 3.63) is 63.7 Å². The van der Waals surface area contributed by atoms with E-state index < -0.39 is 22.9 Å². The molecule has 8 heteroatoms. The minimum absolute atomic E-state index is 0.129. The highest BCUT2D eigenvalue weighted by molar-refractivity contribution is 5.98. The van der Waals surface area contributed by atoms with Gasteiger partial charge in [-0.15, -0.1) is 0 Å². The van der Waals surface area contributed by atoms with Gasteiger partial charge in [0.25, 0.3) is 11.6 Å². The Morgan fingerprint density at radius 1 is 1.19 bits per heavy atom. The van der Waals surface area contributed by atoms with Gasteiger partial charge in [0.05, 0.1) is 29.4 Å². The summed E-state index contributed by atoms with van der Waals surface area (Å²) in [5.41, 5.74) is 1.31. The fourth-order valence-electron chi connectivity index (χ4n) is 2.19. The van der Waals surface area contributed by atoms with E-state index in [-0.39, 0.29) is 17.1 Å². The maximum Gasteiger partial charge on any atom is 0.338 e. The van der Waals surface area contributed by atoms with Crippen LogP contribution in [0.4, 0.5) is 11.4 Å². The first-order valence-corrected chi connectivity index (χ1v) is 7.72. The maximum absolute atomic E-state index is 12.3. The molecular weight excluding hydrogens is 340 g/mol. The second kappa shape index (κ2) is 8.11. The molecule has 2 aromatic rings. The number of carbonyl (C=O) groups is 2. The largest absolute Gasteiger partial charge is 0.494 e. The fraction of sp³-hybridized carbons (Fsp3) is 0.222. The standard InChI is InChI=1S/C18H18N2O6/c1-11-5-4-6-13(9-11)18(22)26-12(2)17(21)19-15-8-7-14(20(23)24)10-16(15)25-3/h4-10,12H,1-3H3,(H,19,21)/t12-/m1/s1. The summed E-state index contributed by atoms with van der Waals surface area (Å²) >= 11 is 0. The number of esters is 1. The number of carbonyl (C=O) groups excluding carboxylic acids is 2. The molecule has 2 aromatic carbocycles. The van der Waals surface area contributed by atoms with E-state index in [1.54, 1.807) is 18.2 Å². The molecule has 0 aliphatic carbocycles. The van der Waals surface area contributed by atoms with Gasteiger partial charge in [0.1, 0.15) is 5.75 Å². The molecule has 8 nitrogen and oxygen atoms in total. The van der Waals surface area contributed by atoms with Gasteiger partial charge in [0, 0.05) is 6.07 Å². The number of rotatable bonds is 6. The van der Waals surface area contributed by atoms with Gasteiger partial charge in [-0.05, 0) is 32.0 Å². The summed E-state index contributed by atoms with van der Waals surface area (Å²) < 4.78 is 10.2. The lowest BCUT2D eigenvalue weighted by Gasteiger charge is -2.15. The van der Waals surface area contributed by atoms with Crippen molar-refractivity contribution in [3.8, 4) is 5.75 Å². The first-order valence-electron chi connectivity index (χ1n) is 7.72. The lowest BCUT2D eigenvalue weighted by atomic mass is 10.1. The average molecular weight is 358 g/mol. The molecular formula is C18H18N2O6. The van der Waals surface area contributed by atoms with E-state index in [9.17, 15) is 19.7 Å². The number of nitrogens with zero attached hydrogens (tertiary/aromatic N) is 1. The molecule has 0 bridgehead atoms. The van der Waals surface area contributed by atoms with Crippen LogP contribution in [0.2, 0.25) is 0 Å². The minimum atomic E-state index is -1.07. The van der Waals surface area contributed by atoms with Crippen molar-refractivity contribution < 1.29 is 24.0 Å². The summed E-state index contributed by atoms with van der Waals surface area (Å²) in [4.78, 5) is 34.6. The SMILES string of the molecule is COc1cc([N+](=O)[O-])ccc1NC(=O)[C@@H](C)OC(=O)c1cccc(C)c1. The molecule has 1 N–H and O–H groups in total. The average Bonchev–Trinajstić information content (AvgIpc) is 2.61. The number of hydrogen-bond donors (Lipinski definition) is 1. The normalized spacial score (nSPS) is 11.3. The van der Waals surface area contributed by atoms with E-state index in [0.29, 0.717) is 5.56 Å². The summed E-state index contributed by atoms with van der Waals surface area (Å²) in [6, 6.07) is 10.6. The summed E-state index contributed by atoms with van der Waals surface area (Å²) in [6.07, 6.45) is -1.07. The van der Waals surface area contributed by atoms with Crippen LogP contribution in [0.5, 0.6) is 5.75 Å². The van der Waals surface area contributed by atoms with Crippen molar-refractivity contribution >= 4 is 23.3 Å². The molecule has 1 atom stereocenters. The van der Waals surface area contributed by atoms with Crippen LogP contribution in [0.1, 0.15) is 22.8 Å². The quantitative estimate of drug-likeness (QED) is 0.483. The first-order chi connectivity index (χ1) is 12.3. The Bertz CT molecular complexity index is 849. The van der Waals surface area contributed by atoms with Crippen molar-refractivity contribution in [1.29, 1.82) is 0 Å². The molecule has 2 rings (SSSR count). The fourth-order valence-corrected chi connectivity index (χ4v) is 2.19. The highest BCUT2D eigenvalue weighted by atomic mass is 16.6. The van der Waals surface area contributed by atoms with Gasteiger partial charge < -0.3 is 14.8 Å². The van der Waals surface area contributed by atoms with E-state index >= 15 is 0 Å². The monoisotopic (exact) mass is 358 g/mol. The van der Waals surface area contributed by atoms with Crippen LogP contribution in [0, 0.1) is 17.0 Å². The van der Waals surface area contributed by atoms with E-state index in [1.165, 1.54) is 32.2 Å². The van der Waals surface area contributed by atoms with Crippen molar-refractivity contribution in [2.24, 2.45) is 0 Å². The Hall–Kier alpha value is -3.42. The highest BCUT2D eigenvalue weighted by Gasteiger charge is 2.21. The number of nitro benzene ring substituents is 1. The van der Waals surface area contributed by atoms with E-state index in [4.69, 9.17) is 9.47 Å². The molecule has 0 aliphatic heterocycles. The minimum Gasteiger partial charge on any atom is -0.494 e. The van der Waals surface area contributed by atoms with Gasteiger partial charge in [-0.1, -0.05) is 17.7 Å². The molecule has 0 aliphatic rings. The van der Waals surface area contributed by atoms with Gasteiger partial charge in [0.15, 0.2) is 6.10 Å². The van der Waals surface area contributed by atoms with E-state index in [2.05, 4.69) is 5.32 Å². The molecule has 0 aromatic heterocycles. The predicted molar refractivity (Wildman–Crippen MR) is 94.3 cm³/mol. The molecule has 26 heavy (non-hydrogen) atoms. The number of hydrogen-bond acceptors (Lipinski definition) is 6. The maximum atomic E-state index is 12.3. The number of ether oxygens (including phenoxy) is 2. The number of amides is 1. The van der Waals surface area contributed by atoms with Gasteiger partial charge in [-0.3, -0.25) is 14.9 Å². The zero-order chi connectivity index (χ0) is 19.3. The van der Waals surface area contributed by atoms with Crippen LogP contribution >= 0.6 is 0 Å². The van der Waals surface area contributed by atoms with Crippen LogP contribution in [0.25, 0.3) is 0 Å². The zero-order valence-electron chi connectivity index (χ0n) is 14.5. The van der Waals surface area contributed by atoms with Gasteiger partial charge in [-0.25, -0.2) is 4.79 Å². The Labute approximate surface area is 149 Å². The number of anilines is 1. The van der Waals surface area contributed by atoms with Crippen molar-refractivity contribution in [2.75, 3.05) is 12.4 Å². The van der Waals surface area contributed by atoms with Crippen LogP contribution in [-0.2, 0) is 9.53 Å². The molecule has 0 spiro atoms. The van der Waals surface area contributed by atoms with Gasteiger partial charge in [0.2, 0.25) is 0 Å². The van der Waals surface area contributed by atoms with E-state index in [1.807, 2.05) is 13.0 Å². The number of methoxy groups -OCH3 is 1. The summed E-state index contributed by atoms with van der Waals surface area (Å²) in [5, 5.41) is 13.3. The Morgan fingerprint density at radius 3 is 2.54 bits per heavy atom. The molecule has 0 heterocycles. The van der Waals surface area contributed by atoms with Crippen LogP contribution in [0.15, 0.2) is 42.5 Å². The summed E-state index contributed by atoms with van der Waals surface area (Å²) in [5.74, 6) is -1.07. The number of nitro groups is 1. The third-order valence-electron chi connectivity index (χ3n) is 3.56. The summed E-state index contributed by atoms with van der Waals surface area (Å²) in [6.45, 7) is 3.27. The molecule has 0 saturated heterocycles. The van der Waals surface area contributed by atoms with Crippen molar-refractivity contribution in [3.63, 3.8) is 0 Å². The number of non-ortho nitro benzene ring substituents is 1. The van der Waals surface area contributed by atoms with Crippen LogP contribution < -0.4 is 10.1 Å². The lowest BCUT2D eigenvalue weighted by Crippen LogP contribution is -2.30. The Morgan fingerprint density at radius 2 is 1.92 bits per heavy atom. The van der Waals surface area contributed by atoms with Crippen molar-refractivity contribution in [2.45, 2.75) is 20.0 Å². The molecule has 0 radical (unpaired) electrons. The molecule has 0 saturated carbocycles. The molecule has 1 amide bonds. The predicted octanol–water partition coefficient (Wildman–Crippen LogP) is 3.10.